The number of oxime groups is 1. The van der Waals surface area contributed by atoms with Crippen LogP contribution in [0.4, 0.5) is 0 Å². The normalized spacial score (nSPS) is 16.9. The quantitative estimate of drug-likeness (QED) is 0.426. The molecule has 0 saturated carbocycles. The third kappa shape index (κ3) is 0.819. The third-order valence-corrected chi connectivity index (χ3v) is 0.480. The van der Waals surface area contributed by atoms with E-state index >= 15 is 0 Å². The van der Waals surface area contributed by atoms with Gasteiger partial charge in [0.25, 0.3) is 0 Å². The highest BCUT2D eigenvalue weighted by Crippen LogP contribution is 1.88. The van der Waals surface area contributed by atoms with Crippen molar-refractivity contribution in [3.8, 4) is 0 Å². The molecule has 0 spiro atoms. The lowest BCUT2D eigenvalue weighted by molar-refractivity contribution is -0.252. The van der Waals surface area contributed by atoms with Crippen molar-refractivity contribution in [1.29, 1.82) is 0 Å². The lowest BCUT2D eigenvalue weighted by atomic mass is 10.6. The van der Waals surface area contributed by atoms with Gasteiger partial charge in [0.05, 0.1) is 0 Å². The maximum atomic E-state index is 5.09. The van der Waals surface area contributed by atoms with E-state index in [9.17, 15) is 0 Å². The summed E-state index contributed by atoms with van der Waals surface area (Å²) in [6.07, 6.45) is 2.80. The van der Waals surface area contributed by atoms with Crippen LogP contribution in [0.2, 0.25) is 0 Å². The van der Waals surface area contributed by atoms with Crippen LogP contribution in [0.15, 0.2) is 17.5 Å². The van der Waals surface area contributed by atoms with Crippen LogP contribution >= 0.6 is 0 Å². The maximum Gasteiger partial charge on any atom is 0.171 e. The fourth-order valence-electron chi connectivity index (χ4n) is 0.217. The Balaban J connectivity index is 2.58. The minimum Gasteiger partial charge on any atom is -0.381 e. The van der Waals surface area contributed by atoms with Gasteiger partial charge in [0.15, 0.2) is 5.84 Å². The molecule has 0 unspecified atom stereocenters. The van der Waals surface area contributed by atoms with Crippen molar-refractivity contribution in [2.24, 2.45) is 10.9 Å². The molecular weight excluding hydrogens is 96.0 g/mol. The number of amidine groups is 1. The first-order valence-corrected chi connectivity index (χ1v) is 1.72. The maximum absolute atomic E-state index is 5.09. The third-order valence-electron chi connectivity index (χ3n) is 0.480. The molecule has 0 amide bonds. The molecule has 2 N–H and O–H groups in total. The monoisotopic (exact) mass is 100 g/mol. The predicted octanol–water partition coefficient (Wildman–Crippen LogP) is -0.266. The van der Waals surface area contributed by atoms with Gasteiger partial charge < -0.3 is 5.73 Å². The molecule has 0 saturated heterocycles. The highest BCUT2D eigenvalue weighted by molar-refractivity contribution is 5.90. The molecule has 1 heterocycles. The van der Waals surface area contributed by atoms with Gasteiger partial charge in [-0.15, -0.1) is 0 Å². The van der Waals surface area contributed by atoms with E-state index < -0.39 is 0 Å². The van der Waals surface area contributed by atoms with Crippen LogP contribution in [-0.2, 0) is 9.88 Å². The molecule has 4 nitrogen and oxygen atoms in total. The van der Waals surface area contributed by atoms with E-state index in [0.717, 1.165) is 0 Å². The van der Waals surface area contributed by atoms with E-state index in [2.05, 4.69) is 15.0 Å². The Morgan fingerprint density at radius 3 is 2.86 bits per heavy atom. The van der Waals surface area contributed by atoms with Crippen molar-refractivity contribution in [2.75, 3.05) is 0 Å². The Morgan fingerprint density at radius 1 is 1.71 bits per heavy atom. The Kier molecular flexibility index (Phi) is 0.856. The fraction of sp³-hybridized carbons (Fsp3) is 0. The summed E-state index contributed by atoms with van der Waals surface area (Å²) in [5.41, 5.74) is 5.09. The molecule has 0 aromatic carbocycles. The number of nitrogens with zero attached hydrogens (tertiary/aromatic N) is 1. The lowest BCUT2D eigenvalue weighted by Gasteiger charge is -1.97. The largest absolute Gasteiger partial charge is 0.381 e. The van der Waals surface area contributed by atoms with E-state index in [0.29, 0.717) is 5.84 Å². The number of rotatable bonds is 0. The number of nitrogens with two attached hydrogens (primary N) is 1. The second-order valence-electron chi connectivity index (χ2n) is 0.990. The van der Waals surface area contributed by atoms with Crippen molar-refractivity contribution < 1.29 is 9.88 Å². The highest BCUT2D eigenvalue weighted by Gasteiger charge is 1.90. The Labute approximate surface area is 40.1 Å². The summed E-state index contributed by atoms with van der Waals surface area (Å²) < 4.78 is 0. The molecule has 0 fully saturated rings. The molecule has 0 atom stereocenters. The van der Waals surface area contributed by atoms with Crippen LogP contribution in [0.5, 0.6) is 0 Å². The van der Waals surface area contributed by atoms with Crippen LogP contribution < -0.4 is 5.73 Å². The minimum atomic E-state index is 0.311. The first kappa shape index (κ1) is 3.98. The average Bonchev–Trinajstić information content (AvgIpc) is 1.69. The molecule has 0 aliphatic carbocycles. The van der Waals surface area contributed by atoms with Crippen LogP contribution in [0.1, 0.15) is 0 Å². The Morgan fingerprint density at radius 2 is 2.57 bits per heavy atom. The van der Waals surface area contributed by atoms with Gasteiger partial charge in [-0.2, -0.15) is 4.99 Å². The SMILES string of the molecule is NC1=NOOC=C1. The van der Waals surface area contributed by atoms with Gasteiger partial charge in [0, 0.05) is 6.08 Å². The first-order chi connectivity index (χ1) is 3.39. The second kappa shape index (κ2) is 1.51. The van der Waals surface area contributed by atoms with Crippen molar-refractivity contribution >= 4 is 5.84 Å². The van der Waals surface area contributed by atoms with Gasteiger partial charge >= 0.3 is 0 Å². The molecule has 1 aliphatic rings. The summed E-state index contributed by atoms with van der Waals surface area (Å²) in [5, 5.41) is 3.22. The van der Waals surface area contributed by atoms with E-state index in [1.54, 1.807) is 0 Å². The van der Waals surface area contributed by atoms with Crippen LogP contribution in [-0.4, -0.2) is 5.84 Å². The van der Waals surface area contributed by atoms with Crippen molar-refractivity contribution in [1.82, 2.24) is 0 Å². The van der Waals surface area contributed by atoms with Gasteiger partial charge in [-0.05, 0) is 5.16 Å². The van der Waals surface area contributed by atoms with Gasteiger partial charge in [0.2, 0.25) is 0 Å². The molecule has 0 radical (unpaired) electrons. The van der Waals surface area contributed by atoms with Crippen LogP contribution in [0.25, 0.3) is 0 Å². The molecule has 1 rings (SSSR count). The minimum absolute atomic E-state index is 0.311. The van der Waals surface area contributed by atoms with Crippen molar-refractivity contribution in [3.05, 3.63) is 12.3 Å². The van der Waals surface area contributed by atoms with Crippen LogP contribution in [0.3, 0.4) is 0 Å². The lowest BCUT2D eigenvalue weighted by Crippen LogP contribution is -2.10. The molecule has 7 heavy (non-hydrogen) atoms. The van der Waals surface area contributed by atoms with Gasteiger partial charge in [-0.1, -0.05) is 0 Å². The van der Waals surface area contributed by atoms with Crippen molar-refractivity contribution in [2.45, 2.75) is 0 Å². The second-order valence-corrected chi connectivity index (χ2v) is 0.990. The highest BCUT2D eigenvalue weighted by atomic mass is 17.3. The smallest absolute Gasteiger partial charge is 0.171 e. The molecule has 0 aromatic heterocycles. The zero-order valence-electron chi connectivity index (χ0n) is 3.50. The first-order valence-electron chi connectivity index (χ1n) is 1.72. The molecule has 4 heteroatoms. The molecule has 0 aromatic rings. The summed E-state index contributed by atoms with van der Waals surface area (Å²) in [6, 6.07) is 0. The Bertz CT molecular complexity index is 118. The van der Waals surface area contributed by atoms with E-state index in [1.165, 1.54) is 12.3 Å². The topological polar surface area (TPSA) is 56.8 Å². The zero-order chi connectivity index (χ0) is 5.11. The predicted molar refractivity (Wildman–Crippen MR) is 22.9 cm³/mol. The average molecular weight is 100 g/mol. The fourth-order valence-corrected chi connectivity index (χ4v) is 0.217. The van der Waals surface area contributed by atoms with Gasteiger partial charge in [0.1, 0.15) is 6.26 Å². The Hall–Kier alpha value is -1.19. The van der Waals surface area contributed by atoms with E-state index in [4.69, 9.17) is 5.73 Å². The number of hydrogen-bond acceptors (Lipinski definition) is 4. The van der Waals surface area contributed by atoms with Crippen LogP contribution in [0, 0.1) is 0 Å². The molecular formula is C3H4N2O2. The summed E-state index contributed by atoms with van der Waals surface area (Å²) >= 11 is 0. The van der Waals surface area contributed by atoms with Gasteiger partial charge in [-0.3, -0.25) is 4.89 Å². The summed E-state index contributed by atoms with van der Waals surface area (Å²) in [6.45, 7) is 0. The molecule has 38 valence electrons. The van der Waals surface area contributed by atoms with E-state index in [1.807, 2.05) is 0 Å². The van der Waals surface area contributed by atoms with Crippen molar-refractivity contribution in [3.63, 3.8) is 0 Å². The molecule has 0 bridgehead atoms. The summed E-state index contributed by atoms with van der Waals surface area (Å²) in [4.78, 5) is 8.25. The van der Waals surface area contributed by atoms with E-state index in [-0.39, 0.29) is 0 Å². The standard InChI is InChI=1S/C3H4N2O2/c4-3-1-2-6-7-5-3/h1-2H,(H2,4,5). The summed E-state index contributed by atoms with van der Waals surface area (Å²) in [7, 11) is 0. The molecule has 1 aliphatic heterocycles. The summed E-state index contributed by atoms with van der Waals surface area (Å²) in [5.74, 6) is 0.311. The van der Waals surface area contributed by atoms with Gasteiger partial charge in [-0.25, -0.2) is 0 Å². The zero-order valence-corrected chi connectivity index (χ0v) is 3.50. The number of hydrogen-bond donors (Lipinski definition) is 1.